The lowest BCUT2D eigenvalue weighted by Gasteiger charge is -2.28. The molecule has 1 saturated carbocycles. The Balaban J connectivity index is 1.78. The molecule has 1 amide bonds. The van der Waals surface area contributed by atoms with Crippen molar-refractivity contribution in [2.75, 3.05) is 19.8 Å². The molecule has 5 nitrogen and oxygen atoms in total. The average molecular weight is 306 g/mol. The Hall–Kier alpha value is -1.75. The molecule has 0 aliphatic heterocycles. The topological polar surface area (TPSA) is 73.6 Å². The Labute approximate surface area is 132 Å². The molecule has 3 N–H and O–H groups in total. The molecule has 0 spiro atoms. The smallest absolute Gasteiger partial charge is 0.258 e. The summed E-state index contributed by atoms with van der Waals surface area (Å²) in [6, 6.07) is 7.32. The minimum Gasteiger partial charge on any atom is -0.494 e. The Bertz CT molecular complexity index is 467. The lowest BCUT2D eigenvalue weighted by molar-refractivity contribution is -0.124. The molecule has 122 valence electrons. The van der Waals surface area contributed by atoms with Crippen molar-refractivity contribution in [2.24, 2.45) is 5.73 Å². The van der Waals surface area contributed by atoms with Gasteiger partial charge in [0, 0.05) is 6.54 Å². The quantitative estimate of drug-likeness (QED) is 0.772. The fourth-order valence-corrected chi connectivity index (χ4v) is 2.76. The number of carbonyl (C=O) groups is 1. The van der Waals surface area contributed by atoms with Gasteiger partial charge in [-0.15, -0.1) is 0 Å². The molecule has 1 aromatic rings. The first kappa shape index (κ1) is 16.6. The van der Waals surface area contributed by atoms with Gasteiger partial charge < -0.3 is 20.5 Å². The maximum atomic E-state index is 12.0. The zero-order valence-corrected chi connectivity index (χ0v) is 13.3. The molecule has 22 heavy (non-hydrogen) atoms. The van der Waals surface area contributed by atoms with Crippen LogP contribution in [0.1, 0.15) is 39.0 Å². The van der Waals surface area contributed by atoms with Crippen LogP contribution in [-0.4, -0.2) is 31.2 Å². The molecule has 0 radical (unpaired) electrons. The van der Waals surface area contributed by atoms with Crippen molar-refractivity contribution in [3.8, 4) is 11.5 Å². The number of benzene rings is 1. The van der Waals surface area contributed by atoms with Crippen molar-refractivity contribution < 1.29 is 14.3 Å². The lowest BCUT2D eigenvalue weighted by atomic mass is 9.98. The van der Waals surface area contributed by atoms with Gasteiger partial charge in [0.05, 0.1) is 12.1 Å². The zero-order valence-electron chi connectivity index (χ0n) is 13.3. The van der Waals surface area contributed by atoms with Crippen LogP contribution >= 0.6 is 0 Å². The number of nitrogens with two attached hydrogens (primary N) is 1. The van der Waals surface area contributed by atoms with E-state index in [1.165, 1.54) is 0 Å². The fourth-order valence-electron chi connectivity index (χ4n) is 2.76. The average Bonchev–Trinajstić information content (AvgIpc) is 3.01. The van der Waals surface area contributed by atoms with Crippen molar-refractivity contribution in [2.45, 2.75) is 44.6 Å². The molecule has 1 aliphatic rings. The van der Waals surface area contributed by atoms with Gasteiger partial charge in [0.2, 0.25) is 0 Å². The number of carbonyl (C=O) groups excluding carboxylic acids is 1. The van der Waals surface area contributed by atoms with Gasteiger partial charge in [-0.1, -0.05) is 19.8 Å². The highest BCUT2D eigenvalue weighted by molar-refractivity contribution is 5.78. The number of ether oxygens (including phenoxy) is 2. The molecular weight excluding hydrogens is 280 g/mol. The number of hydrogen-bond acceptors (Lipinski definition) is 4. The fraction of sp³-hybridized carbons (Fsp3) is 0.588. The number of amides is 1. The van der Waals surface area contributed by atoms with Crippen LogP contribution in [0.15, 0.2) is 24.3 Å². The summed E-state index contributed by atoms with van der Waals surface area (Å²) in [4.78, 5) is 12.0. The normalized spacial score (nSPS) is 16.3. The molecule has 1 fully saturated rings. The molecule has 0 heterocycles. The molecule has 0 aromatic heterocycles. The third-order valence-electron chi connectivity index (χ3n) is 4.02. The Morgan fingerprint density at radius 2 is 1.77 bits per heavy atom. The van der Waals surface area contributed by atoms with Crippen LogP contribution in [0.5, 0.6) is 11.5 Å². The third kappa shape index (κ3) is 4.63. The van der Waals surface area contributed by atoms with Crippen LogP contribution in [0, 0.1) is 0 Å². The number of nitrogens with one attached hydrogen (secondary N) is 1. The predicted molar refractivity (Wildman–Crippen MR) is 86.1 cm³/mol. The second-order valence-corrected chi connectivity index (χ2v) is 5.85. The molecule has 0 atom stereocenters. The zero-order chi connectivity index (χ0) is 15.8. The van der Waals surface area contributed by atoms with E-state index in [-0.39, 0.29) is 18.1 Å². The second kappa shape index (κ2) is 8.03. The van der Waals surface area contributed by atoms with Crippen molar-refractivity contribution >= 4 is 5.91 Å². The van der Waals surface area contributed by atoms with Crippen molar-refractivity contribution in [1.82, 2.24) is 5.32 Å². The third-order valence-corrected chi connectivity index (χ3v) is 4.02. The molecule has 2 rings (SSSR count). The summed E-state index contributed by atoms with van der Waals surface area (Å²) >= 11 is 0. The summed E-state index contributed by atoms with van der Waals surface area (Å²) in [6.45, 7) is 3.26. The minimum absolute atomic E-state index is 0.0108. The second-order valence-electron chi connectivity index (χ2n) is 5.85. The van der Waals surface area contributed by atoms with Crippen LogP contribution in [0.3, 0.4) is 0 Å². The predicted octanol–water partition coefficient (Wildman–Crippen LogP) is 2.24. The largest absolute Gasteiger partial charge is 0.494 e. The summed E-state index contributed by atoms with van der Waals surface area (Å²) < 4.78 is 11.0. The molecular formula is C17H26N2O3. The molecule has 0 bridgehead atoms. The van der Waals surface area contributed by atoms with E-state index in [1.807, 2.05) is 24.3 Å². The van der Waals surface area contributed by atoms with Crippen LogP contribution in [0.25, 0.3) is 0 Å². The van der Waals surface area contributed by atoms with Gasteiger partial charge in [-0.2, -0.15) is 0 Å². The van der Waals surface area contributed by atoms with E-state index < -0.39 is 0 Å². The number of hydrogen-bond donors (Lipinski definition) is 2. The number of rotatable bonds is 8. The van der Waals surface area contributed by atoms with Gasteiger partial charge in [0.15, 0.2) is 6.61 Å². The highest BCUT2D eigenvalue weighted by atomic mass is 16.5. The summed E-state index contributed by atoms with van der Waals surface area (Å²) in [5, 5.41) is 3.04. The summed E-state index contributed by atoms with van der Waals surface area (Å²) in [5.41, 5.74) is 5.59. The first-order chi connectivity index (χ1) is 10.7. The van der Waals surface area contributed by atoms with Gasteiger partial charge >= 0.3 is 0 Å². The van der Waals surface area contributed by atoms with E-state index >= 15 is 0 Å². The van der Waals surface area contributed by atoms with E-state index in [2.05, 4.69) is 12.2 Å². The summed E-state index contributed by atoms with van der Waals surface area (Å²) in [5.74, 6) is 1.36. The Morgan fingerprint density at radius 1 is 1.18 bits per heavy atom. The highest BCUT2D eigenvalue weighted by Gasteiger charge is 2.33. The van der Waals surface area contributed by atoms with E-state index in [1.54, 1.807) is 0 Å². The van der Waals surface area contributed by atoms with E-state index in [4.69, 9.17) is 15.2 Å². The van der Waals surface area contributed by atoms with E-state index in [0.717, 1.165) is 37.9 Å². The molecule has 0 saturated heterocycles. The maximum Gasteiger partial charge on any atom is 0.258 e. The van der Waals surface area contributed by atoms with Gasteiger partial charge in [0.1, 0.15) is 11.5 Å². The Kier molecular flexibility index (Phi) is 6.07. The van der Waals surface area contributed by atoms with Crippen LogP contribution < -0.4 is 20.5 Å². The molecule has 5 heteroatoms. The van der Waals surface area contributed by atoms with Crippen LogP contribution in [0.4, 0.5) is 0 Å². The first-order valence-corrected chi connectivity index (χ1v) is 8.04. The molecule has 1 aromatic carbocycles. The molecule has 0 unspecified atom stereocenters. The van der Waals surface area contributed by atoms with Crippen molar-refractivity contribution in [3.05, 3.63) is 24.3 Å². The van der Waals surface area contributed by atoms with Gasteiger partial charge in [-0.05, 0) is 43.5 Å². The van der Waals surface area contributed by atoms with Crippen LogP contribution in [-0.2, 0) is 4.79 Å². The van der Waals surface area contributed by atoms with E-state index in [9.17, 15) is 4.79 Å². The van der Waals surface area contributed by atoms with Crippen LogP contribution in [0.2, 0.25) is 0 Å². The molecule has 1 aliphatic carbocycles. The summed E-state index contributed by atoms with van der Waals surface area (Å²) in [7, 11) is 0. The highest BCUT2D eigenvalue weighted by Crippen LogP contribution is 2.28. The van der Waals surface area contributed by atoms with Gasteiger partial charge in [0.25, 0.3) is 5.91 Å². The van der Waals surface area contributed by atoms with Crippen molar-refractivity contribution in [1.29, 1.82) is 0 Å². The van der Waals surface area contributed by atoms with E-state index in [0.29, 0.717) is 18.9 Å². The summed E-state index contributed by atoms with van der Waals surface area (Å²) in [6.07, 6.45) is 5.13. The first-order valence-electron chi connectivity index (χ1n) is 8.04. The van der Waals surface area contributed by atoms with Gasteiger partial charge in [-0.3, -0.25) is 4.79 Å². The van der Waals surface area contributed by atoms with Crippen molar-refractivity contribution in [3.63, 3.8) is 0 Å². The van der Waals surface area contributed by atoms with Gasteiger partial charge in [-0.25, -0.2) is 0 Å². The SMILES string of the molecule is CCCOc1ccc(OCC(=O)NC2(CN)CCCC2)cc1. The standard InChI is InChI=1S/C17H26N2O3/c1-2-11-21-14-5-7-15(8-6-14)22-12-16(20)19-17(13-18)9-3-4-10-17/h5-8H,2-4,9-13,18H2,1H3,(H,19,20). The maximum absolute atomic E-state index is 12.0. The Morgan fingerprint density at radius 3 is 2.32 bits per heavy atom. The lowest BCUT2D eigenvalue weighted by Crippen LogP contribution is -2.52. The monoisotopic (exact) mass is 306 g/mol. The minimum atomic E-state index is -0.224.